The molecule has 0 saturated carbocycles. The zero-order valence-corrected chi connectivity index (χ0v) is 15.1. The van der Waals surface area contributed by atoms with Gasteiger partial charge in [0.25, 0.3) is 11.8 Å². The van der Waals surface area contributed by atoms with Gasteiger partial charge in [-0.2, -0.15) is 0 Å². The summed E-state index contributed by atoms with van der Waals surface area (Å²) in [7, 11) is 0. The van der Waals surface area contributed by atoms with Crippen molar-refractivity contribution in [3.63, 3.8) is 0 Å². The smallest absolute Gasteiger partial charge is 0.258 e. The summed E-state index contributed by atoms with van der Waals surface area (Å²) in [5, 5.41) is 1.35. The van der Waals surface area contributed by atoms with Gasteiger partial charge >= 0.3 is 0 Å². The summed E-state index contributed by atoms with van der Waals surface area (Å²) in [5.74, 6) is -0.850. The quantitative estimate of drug-likeness (QED) is 0.637. The second-order valence-corrected chi connectivity index (χ2v) is 4.96. The number of hydrogen-bond acceptors (Lipinski definition) is 3. The van der Waals surface area contributed by atoms with E-state index in [0.717, 1.165) is 26.1 Å². The molecular weight excluding hydrogens is 304 g/mol. The number of carbonyl (C=O) groups excluding carboxylic acids is 2. The third kappa shape index (κ3) is 6.96. The number of nitrogens with zero attached hydrogens (tertiary/aromatic N) is 1. The molecule has 0 bridgehead atoms. The second kappa shape index (κ2) is 13.3. The first-order valence-corrected chi connectivity index (χ1v) is 8.42. The normalized spacial score (nSPS) is 15.8. The molecule has 5 nitrogen and oxygen atoms in total. The maximum atomic E-state index is 12.1. The molecule has 0 radical (unpaired) electrons. The lowest BCUT2D eigenvalue weighted by atomic mass is 10.0. The first kappa shape index (κ1) is 21.9. The first-order valence-electron chi connectivity index (χ1n) is 8.42. The minimum absolute atomic E-state index is 0.144. The van der Waals surface area contributed by atoms with Crippen molar-refractivity contribution in [2.45, 2.75) is 40.0 Å². The molecule has 1 N–H and O–H groups in total. The monoisotopic (exact) mass is 334 g/mol. The van der Waals surface area contributed by atoms with Crippen LogP contribution in [0.4, 0.5) is 5.69 Å². The van der Waals surface area contributed by atoms with Gasteiger partial charge < -0.3 is 4.74 Å². The van der Waals surface area contributed by atoms with Crippen LogP contribution in [-0.2, 0) is 14.3 Å². The van der Waals surface area contributed by atoms with Crippen molar-refractivity contribution in [1.29, 1.82) is 0 Å². The van der Waals surface area contributed by atoms with Gasteiger partial charge in [-0.05, 0) is 32.4 Å². The topological polar surface area (TPSA) is 58.6 Å². The van der Waals surface area contributed by atoms with Crippen LogP contribution in [-0.4, -0.2) is 25.0 Å². The number of hydrogen-bond donors (Lipinski definition) is 1. The Hall–Kier alpha value is -2.14. The lowest BCUT2D eigenvalue weighted by Crippen LogP contribution is -2.35. The number of hydrazine groups is 1. The van der Waals surface area contributed by atoms with E-state index in [4.69, 9.17) is 4.74 Å². The first-order chi connectivity index (χ1) is 11.7. The SMILES string of the molecule is C=C.CCCCC1C(=O)NN(c2ccccc2)C1=O.CCOCC. The molecule has 134 valence electrons. The number of para-hydroxylation sites is 1. The zero-order valence-electron chi connectivity index (χ0n) is 15.1. The molecular formula is C19H30N2O3. The Kier molecular flexibility index (Phi) is 12.1. The van der Waals surface area contributed by atoms with Gasteiger partial charge in [0.15, 0.2) is 0 Å². The van der Waals surface area contributed by atoms with Crippen LogP contribution in [0.25, 0.3) is 0 Å². The standard InChI is InChI=1S/C13H16N2O2.C4H10O.C2H4/c1-2-3-9-11-12(16)14-15(13(11)17)10-7-5-4-6-8-10;1-3-5-4-2;1-2/h4-8,11H,2-3,9H2,1H3,(H,14,16);3-4H2,1-2H3;1-2H2. The number of nitrogens with one attached hydrogen (secondary N) is 1. The maximum Gasteiger partial charge on any atom is 0.258 e. The third-order valence-electron chi connectivity index (χ3n) is 3.33. The lowest BCUT2D eigenvalue weighted by Gasteiger charge is -2.14. The van der Waals surface area contributed by atoms with Gasteiger partial charge in [-0.25, -0.2) is 5.01 Å². The van der Waals surface area contributed by atoms with E-state index in [9.17, 15) is 9.59 Å². The van der Waals surface area contributed by atoms with Gasteiger partial charge in [0, 0.05) is 13.2 Å². The van der Waals surface area contributed by atoms with Crippen LogP contribution in [0.5, 0.6) is 0 Å². The van der Waals surface area contributed by atoms with Gasteiger partial charge in [0.1, 0.15) is 5.92 Å². The highest BCUT2D eigenvalue weighted by atomic mass is 16.5. The molecule has 2 rings (SSSR count). The summed E-state index contributed by atoms with van der Waals surface area (Å²) >= 11 is 0. The number of anilines is 1. The summed E-state index contributed by atoms with van der Waals surface area (Å²) in [6.45, 7) is 13.7. The fourth-order valence-corrected chi connectivity index (χ4v) is 2.15. The number of carbonyl (C=O) groups is 2. The Bertz CT molecular complexity index is 475. The molecule has 0 spiro atoms. The van der Waals surface area contributed by atoms with E-state index >= 15 is 0 Å². The lowest BCUT2D eigenvalue weighted by molar-refractivity contribution is -0.127. The van der Waals surface area contributed by atoms with Crippen molar-refractivity contribution in [2.24, 2.45) is 5.92 Å². The minimum Gasteiger partial charge on any atom is -0.382 e. The van der Waals surface area contributed by atoms with Crippen molar-refractivity contribution in [2.75, 3.05) is 18.2 Å². The summed E-state index contributed by atoms with van der Waals surface area (Å²) in [6, 6.07) is 9.17. The van der Waals surface area contributed by atoms with Crippen molar-refractivity contribution in [3.05, 3.63) is 43.5 Å². The number of ether oxygens (including phenoxy) is 1. The van der Waals surface area contributed by atoms with Gasteiger partial charge in [-0.1, -0.05) is 38.0 Å². The molecule has 1 aromatic rings. The Balaban J connectivity index is 0.000000650. The molecule has 1 saturated heterocycles. The average Bonchev–Trinajstić information content (AvgIpc) is 2.91. The largest absolute Gasteiger partial charge is 0.382 e. The molecule has 1 aliphatic rings. The predicted octanol–water partition coefficient (Wildman–Crippen LogP) is 3.72. The fraction of sp³-hybridized carbons (Fsp3) is 0.474. The van der Waals surface area contributed by atoms with Crippen LogP contribution in [0.15, 0.2) is 43.5 Å². The molecule has 1 unspecified atom stereocenters. The molecule has 1 atom stereocenters. The number of unbranched alkanes of at least 4 members (excludes halogenated alkanes) is 1. The highest BCUT2D eigenvalue weighted by Gasteiger charge is 2.39. The number of amides is 2. The summed E-state index contributed by atoms with van der Waals surface area (Å²) < 4.78 is 4.83. The van der Waals surface area contributed by atoms with Crippen LogP contribution in [0.1, 0.15) is 40.0 Å². The molecule has 1 aromatic carbocycles. The molecule has 24 heavy (non-hydrogen) atoms. The molecule has 5 heteroatoms. The van der Waals surface area contributed by atoms with Crippen molar-refractivity contribution in [3.8, 4) is 0 Å². The molecule has 1 fully saturated rings. The van der Waals surface area contributed by atoms with Crippen molar-refractivity contribution in [1.82, 2.24) is 5.43 Å². The van der Waals surface area contributed by atoms with Gasteiger partial charge in [-0.15, -0.1) is 13.2 Å². The second-order valence-electron chi connectivity index (χ2n) is 4.96. The van der Waals surface area contributed by atoms with E-state index in [1.165, 1.54) is 5.01 Å². The number of benzene rings is 1. The molecule has 2 amide bonds. The Morgan fingerprint density at radius 2 is 1.67 bits per heavy atom. The van der Waals surface area contributed by atoms with E-state index in [-0.39, 0.29) is 11.8 Å². The Labute approximate surface area is 145 Å². The predicted molar refractivity (Wildman–Crippen MR) is 98.5 cm³/mol. The summed E-state index contributed by atoms with van der Waals surface area (Å²) in [6.07, 6.45) is 2.51. The highest BCUT2D eigenvalue weighted by Crippen LogP contribution is 2.22. The molecule has 1 aliphatic heterocycles. The summed E-state index contributed by atoms with van der Waals surface area (Å²) in [5.41, 5.74) is 3.34. The van der Waals surface area contributed by atoms with Gasteiger partial charge in [-0.3, -0.25) is 15.0 Å². The van der Waals surface area contributed by atoms with Crippen molar-refractivity contribution >= 4 is 17.5 Å². The van der Waals surface area contributed by atoms with Gasteiger partial charge in [0.05, 0.1) is 5.69 Å². The van der Waals surface area contributed by atoms with E-state index in [0.29, 0.717) is 12.1 Å². The average molecular weight is 334 g/mol. The van der Waals surface area contributed by atoms with E-state index in [1.54, 1.807) is 12.1 Å². The zero-order chi connectivity index (χ0) is 18.4. The van der Waals surface area contributed by atoms with E-state index < -0.39 is 5.92 Å². The van der Waals surface area contributed by atoms with Crippen LogP contribution in [0.2, 0.25) is 0 Å². The Morgan fingerprint density at radius 3 is 2.12 bits per heavy atom. The highest BCUT2D eigenvalue weighted by molar-refractivity contribution is 6.14. The van der Waals surface area contributed by atoms with Crippen LogP contribution in [0.3, 0.4) is 0 Å². The molecule has 1 heterocycles. The summed E-state index contributed by atoms with van der Waals surface area (Å²) in [4.78, 5) is 23.8. The third-order valence-corrected chi connectivity index (χ3v) is 3.33. The van der Waals surface area contributed by atoms with Crippen LogP contribution < -0.4 is 10.4 Å². The molecule has 0 aliphatic carbocycles. The molecule has 0 aromatic heterocycles. The fourth-order valence-electron chi connectivity index (χ4n) is 2.15. The minimum atomic E-state index is -0.518. The maximum absolute atomic E-state index is 12.1. The van der Waals surface area contributed by atoms with Gasteiger partial charge in [0.2, 0.25) is 0 Å². The van der Waals surface area contributed by atoms with E-state index in [1.807, 2.05) is 39.0 Å². The van der Waals surface area contributed by atoms with Crippen LogP contribution >= 0.6 is 0 Å². The Morgan fingerprint density at radius 1 is 1.08 bits per heavy atom. The number of rotatable bonds is 6. The van der Waals surface area contributed by atoms with Crippen molar-refractivity contribution < 1.29 is 14.3 Å². The van der Waals surface area contributed by atoms with E-state index in [2.05, 4.69) is 18.6 Å². The van der Waals surface area contributed by atoms with Crippen LogP contribution in [0, 0.1) is 5.92 Å².